The molecule has 2 amide bonds. The molecule has 0 aromatic heterocycles. The van der Waals surface area contributed by atoms with Crippen molar-refractivity contribution < 1.29 is 9.59 Å². The van der Waals surface area contributed by atoms with Gasteiger partial charge < -0.3 is 15.5 Å². The molecule has 2 N–H and O–H groups in total. The predicted octanol–water partition coefficient (Wildman–Crippen LogP) is -0.338. The van der Waals surface area contributed by atoms with Crippen LogP contribution < -0.4 is 5.73 Å². The van der Waals surface area contributed by atoms with E-state index in [1.54, 1.807) is 4.90 Å². The maximum absolute atomic E-state index is 12.2. The number of hydrogen-bond donors (Lipinski definition) is 1. The summed E-state index contributed by atoms with van der Waals surface area (Å²) in [5.41, 5.74) is 5.11. The second-order valence-corrected chi connectivity index (χ2v) is 4.86. The third kappa shape index (κ3) is 2.95. The van der Waals surface area contributed by atoms with E-state index in [1.807, 2.05) is 18.7 Å². The van der Waals surface area contributed by atoms with E-state index in [-0.39, 0.29) is 5.91 Å². The molecule has 5 heteroatoms. The minimum absolute atomic E-state index is 0.142. The standard InChI is InChI=1S/C11H21N3O2/c1-11(2,3-4-12)10(16)14-7-5-13(9-15)6-8-14/h9H,3-8,12H2,1-2H3. The number of rotatable bonds is 4. The first-order chi connectivity index (χ1) is 7.51. The SMILES string of the molecule is CC(C)(CCN)C(=O)N1CCN(C=O)CC1. The molecule has 0 aliphatic carbocycles. The molecule has 1 fully saturated rings. The van der Waals surface area contributed by atoms with Crippen molar-refractivity contribution in [1.29, 1.82) is 0 Å². The first kappa shape index (κ1) is 13.0. The number of carbonyl (C=O) groups is 2. The van der Waals surface area contributed by atoms with Crippen LogP contribution in [0.1, 0.15) is 20.3 Å². The van der Waals surface area contributed by atoms with E-state index in [0.29, 0.717) is 39.1 Å². The Morgan fingerprint density at radius 2 is 1.88 bits per heavy atom. The van der Waals surface area contributed by atoms with Gasteiger partial charge in [-0.25, -0.2) is 0 Å². The molecule has 0 unspecified atom stereocenters. The van der Waals surface area contributed by atoms with Crippen LogP contribution >= 0.6 is 0 Å². The van der Waals surface area contributed by atoms with Crippen molar-refractivity contribution >= 4 is 12.3 Å². The van der Waals surface area contributed by atoms with Crippen molar-refractivity contribution in [3.05, 3.63) is 0 Å². The predicted molar refractivity (Wildman–Crippen MR) is 61.7 cm³/mol. The summed E-state index contributed by atoms with van der Waals surface area (Å²) in [5, 5.41) is 0. The third-order valence-electron chi connectivity index (χ3n) is 3.10. The van der Waals surface area contributed by atoms with Gasteiger partial charge in [0.25, 0.3) is 0 Å². The number of hydrogen-bond acceptors (Lipinski definition) is 3. The Morgan fingerprint density at radius 1 is 1.31 bits per heavy atom. The first-order valence-corrected chi connectivity index (χ1v) is 5.70. The van der Waals surface area contributed by atoms with Crippen LogP contribution in [0, 0.1) is 5.41 Å². The molecule has 0 saturated carbocycles. The van der Waals surface area contributed by atoms with E-state index in [2.05, 4.69) is 0 Å². The summed E-state index contributed by atoms with van der Waals surface area (Å²) in [7, 11) is 0. The van der Waals surface area contributed by atoms with E-state index in [0.717, 1.165) is 6.41 Å². The Bertz CT molecular complexity index is 258. The first-order valence-electron chi connectivity index (χ1n) is 5.70. The summed E-state index contributed by atoms with van der Waals surface area (Å²) in [4.78, 5) is 26.2. The fourth-order valence-corrected chi connectivity index (χ4v) is 1.93. The highest BCUT2D eigenvalue weighted by molar-refractivity contribution is 5.82. The van der Waals surface area contributed by atoms with E-state index in [4.69, 9.17) is 5.73 Å². The fourth-order valence-electron chi connectivity index (χ4n) is 1.93. The van der Waals surface area contributed by atoms with E-state index < -0.39 is 5.41 Å². The summed E-state index contributed by atoms with van der Waals surface area (Å²) < 4.78 is 0. The highest BCUT2D eigenvalue weighted by atomic mass is 16.2. The van der Waals surface area contributed by atoms with Gasteiger partial charge in [-0.15, -0.1) is 0 Å². The van der Waals surface area contributed by atoms with Crippen molar-refractivity contribution in [3.63, 3.8) is 0 Å². The molecular weight excluding hydrogens is 206 g/mol. The maximum atomic E-state index is 12.2. The van der Waals surface area contributed by atoms with Gasteiger partial charge in [0.2, 0.25) is 12.3 Å². The van der Waals surface area contributed by atoms with Gasteiger partial charge in [0.15, 0.2) is 0 Å². The zero-order chi connectivity index (χ0) is 12.2. The number of piperazine rings is 1. The lowest BCUT2D eigenvalue weighted by molar-refractivity contribution is -0.143. The molecule has 1 aliphatic heterocycles. The molecule has 16 heavy (non-hydrogen) atoms. The highest BCUT2D eigenvalue weighted by Crippen LogP contribution is 2.23. The minimum atomic E-state index is -0.391. The van der Waals surface area contributed by atoms with Gasteiger partial charge in [-0.2, -0.15) is 0 Å². The summed E-state index contributed by atoms with van der Waals surface area (Å²) in [6.07, 6.45) is 1.53. The highest BCUT2D eigenvalue weighted by Gasteiger charge is 2.32. The van der Waals surface area contributed by atoms with Crippen LogP contribution in [-0.4, -0.2) is 54.8 Å². The van der Waals surface area contributed by atoms with Crippen LogP contribution in [0.15, 0.2) is 0 Å². The number of nitrogens with two attached hydrogens (primary N) is 1. The number of amides is 2. The molecule has 1 rings (SSSR count). The van der Waals surface area contributed by atoms with Crippen molar-refractivity contribution in [2.24, 2.45) is 11.1 Å². The van der Waals surface area contributed by atoms with Gasteiger partial charge in [0.05, 0.1) is 0 Å². The monoisotopic (exact) mass is 227 g/mol. The Labute approximate surface area is 96.6 Å². The molecular formula is C11H21N3O2. The topological polar surface area (TPSA) is 66.6 Å². The van der Waals surface area contributed by atoms with E-state index in [9.17, 15) is 9.59 Å². The van der Waals surface area contributed by atoms with E-state index >= 15 is 0 Å². The molecule has 0 aromatic rings. The summed E-state index contributed by atoms with van der Waals surface area (Å²) >= 11 is 0. The lowest BCUT2D eigenvalue weighted by Crippen LogP contribution is -2.52. The second-order valence-electron chi connectivity index (χ2n) is 4.86. The lowest BCUT2D eigenvalue weighted by atomic mass is 9.87. The molecule has 0 aromatic carbocycles. The van der Waals surface area contributed by atoms with E-state index in [1.165, 1.54) is 0 Å². The van der Waals surface area contributed by atoms with Crippen molar-refractivity contribution in [1.82, 2.24) is 9.80 Å². The molecule has 92 valence electrons. The fraction of sp³-hybridized carbons (Fsp3) is 0.818. The Morgan fingerprint density at radius 3 is 2.31 bits per heavy atom. The summed E-state index contributed by atoms with van der Waals surface area (Å²) in [5.74, 6) is 0.142. The van der Waals surface area contributed by atoms with Gasteiger partial charge in [-0.1, -0.05) is 13.8 Å². The quantitative estimate of drug-likeness (QED) is 0.668. The molecule has 1 saturated heterocycles. The molecule has 5 nitrogen and oxygen atoms in total. The van der Waals surface area contributed by atoms with Gasteiger partial charge in [-0.3, -0.25) is 9.59 Å². The average Bonchev–Trinajstić information content (AvgIpc) is 2.28. The maximum Gasteiger partial charge on any atom is 0.228 e. The molecule has 0 bridgehead atoms. The van der Waals surface area contributed by atoms with Crippen LogP contribution in [0.5, 0.6) is 0 Å². The molecule has 1 heterocycles. The van der Waals surface area contributed by atoms with Gasteiger partial charge in [-0.05, 0) is 13.0 Å². The van der Waals surface area contributed by atoms with Crippen LogP contribution in [0.3, 0.4) is 0 Å². The van der Waals surface area contributed by atoms with Crippen LogP contribution in [0.2, 0.25) is 0 Å². The number of nitrogens with zero attached hydrogens (tertiary/aromatic N) is 2. The largest absolute Gasteiger partial charge is 0.342 e. The third-order valence-corrected chi connectivity index (χ3v) is 3.10. The van der Waals surface area contributed by atoms with Gasteiger partial charge in [0, 0.05) is 31.6 Å². The van der Waals surface area contributed by atoms with Crippen molar-refractivity contribution in [3.8, 4) is 0 Å². The van der Waals surface area contributed by atoms with Crippen LogP contribution in [0.4, 0.5) is 0 Å². The summed E-state index contributed by atoms with van der Waals surface area (Å²) in [6, 6.07) is 0. The minimum Gasteiger partial charge on any atom is -0.342 e. The Hall–Kier alpha value is -1.10. The zero-order valence-corrected chi connectivity index (χ0v) is 10.1. The van der Waals surface area contributed by atoms with Gasteiger partial charge in [0.1, 0.15) is 0 Å². The normalized spacial score (nSPS) is 17.4. The average molecular weight is 227 g/mol. The van der Waals surface area contributed by atoms with Crippen LogP contribution in [0.25, 0.3) is 0 Å². The molecule has 1 aliphatic rings. The van der Waals surface area contributed by atoms with Crippen LogP contribution in [-0.2, 0) is 9.59 Å². The lowest BCUT2D eigenvalue weighted by Gasteiger charge is -2.37. The molecule has 0 atom stereocenters. The zero-order valence-electron chi connectivity index (χ0n) is 10.1. The second kappa shape index (κ2) is 5.30. The Kier molecular flexibility index (Phi) is 4.29. The number of carbonyl (C=O) groups excluding carboxylic acids is 2. The van der Waals surface area contributed by atoms with Crippen molar-refractivity contribution in [2.45, 2.75) is 20.3 Å². The summed E-state index contributed by atoms with van der Waals surface area (Å²) in [6.45, 7) is 6.90. The Balaban J connectivity index is 2.53. The van der Waals surface area contributed by atoms with Crippen molar-refractivity contribution in [2.75, 3.05) is 32.7 Å². The smallest absolute Gasteiger partial charge is 0.228 e. The molecule has 0 radical (unpaired) electrons. The molecule has 0 spiro atoms. The van der Waals surface area contributed by atoms with Gasteiger partial charge >= 0.3 is 0 Å².